The van der Waals surface area contributed by atoms with Gasteiger partial charge in [0.1, 0.15) is 0 Å². The van der Waals surface area contributed by atoms with E-state index in [-0.39, 0.29) is 0 Å². The van der Waals surface area contributed by atoms with Crippen molar-refractivity contribution in [2.45, 2.75) is 31.6 Å². The van der Waals surface area contributed by atoms with Crippen LogP contribution in [0.4, 0.5) is 5.69 Å². The van der Waals surface area contributed by atoms with Crippen molar-refractivity contribution in [3.63, 3.8) is 0 Å². The largest absolute Gasteiger partial charge is 0.384 e. The summed E-state index contributed by atoms with van der Waals surface area (Å²) in [4.78, 5) is 4.82. The highest BCUT2D eigenvalue weighted by molar-refractivity contribution is 5.50. The van der Waals surface area contributed by atoms with Crippen molar-refractivity contribution < 1.29 is 4.74 Å². The zero-order valence-corrected chi connectivity index (χ0v) is 9.54. The van der Waals surface area contributed by atoms with Gasteiger partial charge in [-0.3, -0.25) is 4.98 Å². The number of aromatic nitrogens is 1. The van der Waals surface area contributed by atoms with Gasteiger partial charge in [0.25, 0.3) is 0 Å². The Kier molecular flexibility index (Phi) is 2.79. The van der Waals surface area contributed by atoms with E-state index < -0.39 is 0 Å². The zero-order valence-electron chi connectivity index (χ0n) is 9.54. The van der Waals surface area contributed by atoms with Crippen LogP contribution < -0.4 is 5.32 Å². The molecule has 0 aromatic carbocycles. The zero-order chi connectivity index (χ0) is 10.8. The van der Waals surface area contributed by atoms with Gasteiger partial charge in [-0.1, -0.05) is 0 Å². The van der Waals surface area contributed by atoms with Crippen molar-refractivity contribution in [3.05, 3.63) is 23.5 Å². The number of nitrogens with one attached hydrogen (secondary N) is 1. The van der Waals surface area contributed by atoms with Crippen molar-refractivity contribution in [1.29, 1.82) is 0 Å². The minimum atomic E-state index is 0.612. The second-order valence-electron chi connectivity index (χ2n) is 4.65. The molecule has 3 heteroatoms. The Balaban J connectivity index is 1.84. The number of hydrogen-bond donors (Lipinski definition) is 1. The summed E-state index contributed by atoms with van der Waals surface area (Å²) in [7, 11) is 0. The van der Waals surface area contributed by atoms with Crippen LogP contribution in [0.1, 0.15) is 36.6 Å². The molecule has 3 nitrogen and oxygen atoms in total. The maximum absolute atomic E-state index is 5.39. The van der Waals surface area contributed by atoms with Crippen LogP contribution in [-0.4, -0.2) is 24.7 Å². The molecule has 0 unspecified atom stereocenters. The second-order valence-corrected chi connectivity index (χ2v) is 4.65. The average molecular weight is 218 g/mol. The quantitative estimate of drug-likeness (QED) is 0.785. The molecule has 0 atom stereocenters. The minimum absolute atomic E-state index is 0.612. The summed E-state index contributed by atoms with van der Waals surface area (Å²) in [5, 5.41) is 3.41. The first-order chi connectivity index (χ1) is 7.93. The summed E-state index contributed by atoms with van der Waals surface area (Å²) >= 11 is 0. The van der Waals surface area contributed by atoms with Gasteiger partial charge in [-0.25, -0.2) is 0 Å². The molecule has 0 radical (unpaired) electrons. The second kappa shape index (κ2) is 4.42. The van der Waals surface area contributed by atoms with Gasteiger partial charge in [0, 0.05) is 31.4 Å². The molecule has 0 amide bonds. The van der Waals surface area contributed by atoms with Gasteiger partial charge >= 0.3 is 0 Å². The molecule has 1 fully saturated rings. The lowest BCUT2D eigenvalue weighted by atomic mass is 9.95. The van der Waals surface area contributed by atoms with E-state index in [9.17, 15) is 0 Å². The van der Waals surface area contributed by atoms with Crippen LogP contribution in [-0.2, 0) is 11.2 Å². The number of nitrogens with zero attached hydrogens (tertiary/aromatic N) is 1. The monoisotopic (exact) mass is 218 g/mol. The lowest BCUT2D eigenvalue weighted by molar-refractivity contribution is 0.0844. The highest BCUT2D eigenvalue weighted by Gasteiger charge is 2.19. The fraction of sp³-hybridized carbons (Fsp3) is 0.615. The van der Waals surface area contributed by atoms with E-state index in [1.807, 2.05) is 0 Å². The summed E-state index contributed by atoms with van der Waals surface area (Å²) < 4.78 is 5.39. The Hall–Kier alpha value is -1.09. The Morgan fingerprint density at radius 3 is 3.00 bits per heavy atom. The third-order valence-electron chi connectivity index (χ3n) is 3.54. The van der Waals surface area contributed by atoms with E-state index >= 15 is 0 Å². The van der Waals surface area contributed by atoms with Crippen molar-refractivity contribution in [2.75, 3.05) is 25.1 Å². The van der Waals surface area contributed by atoms with Gasteiger partial charge in [-0.05, 0) is 37.8 Å². The summed E-state index contributed by atoms with van der Waals surface area (Å²) in [6.45, 7) is 2.87. The molecular weight excluding hydrogens is 200 g/mol. The Labute approximate surface area is 96.2 Å². The lowest BCUT2D eigenvalue weighted by Crippen LogP contribution is -2.18. The molecule has 1 aromatic rings. The van der Waals surface area contributed by atoms with Gasteiger partial charge in [0.2, 0.25) is 0 Å². The van der Waals surface area contributed by atoms with Gasteiger partial charge in [-0.15, -0.1) is 0 Å². The van der Waals surface area contributed by atoms with E-state index in [1.165, 1.54) is 23.5 Å². The lowest BCUT2D eigenvalue weighted by Gasteiger charge is -2.24. The van der Waals surface area contributed by atoms with Crippen LogP contribution in [0.2, 0.25) is 0 Å². The molecule has 16 heavy (non-hydrogen) atoms. The van der Waals surface area contributed by atoms with Crippen LogP contribution in [0.5, 0.6) is 0 Å². The molecule has 3 rings (SSSR count). The Morgan fingerprint density at radius 2 is 2.12 bits per heavy atom. The SMILES string of the molecule is c1cc2c(nc1C1CCOCC1)CCCN2. The van der Waals surface area contributed by atoms with Gasteiger partial charge in [0.05, 0.1) is 11.4 Å². The molecule has 1 N–H and O–H groups in total. The fourth-order valence-electron chi connectivity index (χ4n) is 2.57. The van der Waals surface area contributed by atoms with E-state index in [0.29, 0.717) is 5.92 Å². The summed E-state index contributed by atoms with van der Waals surface area (Å²) in [5.74, 6) is 0.612. The smallest absolute Gasteiger partial charge is 0.0638 e. The number of hydrogen-bond acceptors (Lipinski definition) is 3. The maximum Gasteiger partial charge on any atom is 0.0638 e. The fourth-order valence-corrected chi connectivity index (χ4v) is 2.57. The molecular formula is C13H18N2O. The summed E-state index contributed by atoms with van der Waals surface area (Å²) in [6, 6.07) is 4.39. The van der Waals surface area contributed by atoms with Crippen molar-refractivity contribution in [1.82, 2.24) is 4.98 Å². The van der Waals surface area contributed by atoms with Crippen LogP contribution in [0.25, 0.3) is 0 Å². The normalized spacial score (nSPS) is 21.2. The molecule has 0 saturated carbocycles. The molecule has 1 saturated heterocycles. The maximum atomic E-state index is 5.39. The molecule has 2 aliphatic heterocycles. The molecule has 0 aliphatic carbocycles. The predicted molar refractivity (Wildman–Crippen MR) is 63.8 cm³/mol. The molecule has 3 heterocycles. The molecule has 0 bridgehead atoms. The molecule has 2 aliphatic rings. The first-order valence-corrected chi connectivity index (χ1v) is 6.25. The molecule has 0 spiro atoms. The highest BCUT2D eigenvalue weighted by Crippen LogP contribution is 2.28. The highest BCUT2D eigenvalue weighted by atomic mass is 16.5. The van der Waals surface area contributed by atoms with E-state index in [2.05, 4.69) is 17.4 Å². The Bertz CT molecular complexity index is 372. The number of ether oxygens (including phenoxy) is 1. The van der Waals surface area contributed by atoms with Crippen LogP contribution in [0, 0.1) is 0 Å². The van der Waals surface area contributed by atoms with E-state index in [0.717, 1.165) is 39.0 Å². The van der Waals surface area contributed by atoms with Gasteiger partial charge in [0.15, 0.2) is 0 Å². The number of pyridine rings is 1. The van der Waals surface area contributed by atoms with E-state index in [1.54, 1.807) is 0 Å². The Morgan fingerprint density at radius 1 is 1.25 bits per heavy atom. The van der Waals surface area contributed by atoms with Crippen molar-refractivity contribution in [3.8, 4) is 0 Å². The minimum Gasteiger partial charge on any atom is -0.384 e. The van der Waals surface area contributed by atoms with Crippen LogP contribution >= 0.6 is 0 Å². The predicted octanol–water partition coefficient (Wildman–Crippen LogP) is 2.33. The number of fused-ring (bicyclic) bond motifs is 1. The van der Waals surface area contributed by atoms with E-state index in [4.69, 9.17) is 9.72 Å². The first kappa shape index (κ1) is 10.1. The summed E-state index contributed by atoms with van der Waals surface area (Å²) in [5.41, 5.74) is 3.77. The summed E-state index contributed by atoms with van der Waals surface area (Å²) in [6.07, 6.45) is 4.58. The first-order valence-electron chi connectivity index (χ1n) is 6.25. The van der Waals surface area contributed by atoms with Crippen molar-refractivity contribution in [2.24, 2.45) is 0 Å². The van der Waals surface area contributed by atoms with Crippen molar-refractivity contribution >= 4 is 5.69 Å². The third-order valence-corrected chi connectivity index (χ3v) is 3.54. The number of anilines is 1. The topological polar surface area (TPSA) is 34.1 Å². The molecule has 1 aromatic heterocycles. The van der Waals surface area contributed by atoms with Gasteiger partial charge in [-0.2, -0.15) is 0 Å². The van der Waals surface area contributed by atoms with Crippen LogP contribution in [0.3, 0.4) is 0 Å². The number of aryl methyl sites for hydroxylation is 1. The average Bonchev–Trinajstić information content (AvgIpc) is 2.39. The third kappa shape index (κ3) is 1.92. The molecule has 86 valence electrons. The van der Waals surface area contributed by atoms with Gasteiger partial charge < -0.3 is 10.1 Å². The number of rotatable bonds is 1. The van der Waals surface area contributed by atoms with Crippen LogP contribution in [0.15, 0.2) is 12.1 Å². The standard InChI is InChI=1S/C13H18N2O/c1-2-13-12(14-7-1)4-3-11(15-13)10-5-8-16-9-6-10/h3-4,10,14H,1-2,5-9H2.